The maximum absolute atomic E-state index is 5.41. The fourth-order valence-electron chi connectivity index (χ4n) is 1.58. The molecule has 1 N–H and O–H groups in total. The molecule has 1 saturated carbocycles. The minimum absolute atomic E-state index is 0.650. The van der Waals surface area contributed by atoms with Crippen LogP contribution in [0.15, 0.2) is 0 Å². The van der Waals surface area contributed by atoms with E-state index in [9.17, 15) is 0 Å². The predicted molar refractivity (Wildman–Crippen MR) is 63.7 cm³/mol. The molecule has 1 rings (SSSR count). The molecule has 4 nitrogen and oxygen atoms in total. The van der Waals surface area contributed by atoms with Crippen LogP contribution in [0.3, 0.4) is 0 Å². The van der Waals surface area contributed by atoms with Crippen molar-refractivity contribution in [1.29, 1.82) is 0 Å². The minimum Gasteiger partial charge on any atom is -0.382 e. The average Bonchev–Trinajstić information content (AvgIpc) is 2.97. The summed E-state index contributed by atoms with van der Waals surface area (Å²) in [6, 6.07) is 0. The fraction of sp³-hybridized carbons (Fsp3) is 1.00. The lowest BCUT2D eigenvalue weighted by molar-refractivity contribution is 0.0255. The summed E-state index contributed by atoms with van der Waals surface area (Å²) >= 11 is 0. The highest BCUT2D eigenvalue weighted by Gasteiger charge is 2.31. The second-order valence-electron chi connectivity index (χ2n) is 4.39. The SMILES string of the molecule is COCCOCCOCCNCC1CC1C. The van der Waals surface area contributed by atoms with Crippen molar-refractivity contribution in [2.45, 2.75) is 13.3 Å². The third-order valence-corrected chi connectivity index (χ3v) is 2.91. The first-order valence-electron chi connectivity index (χ1n) is 6.19. The molecule has 1 aliphatic rings. The van der Waals surface area contributed by atoms with Crippen LogP contribution in [-0.4, -0.2) is 53.2 Å². The normalized spacial score (nSPS) is 23.6. The Morgan fingerprint density at radius 3 is 2.31 bits per heavy atom. The standard InChI is InChI=1S/C12H25NO3/c1-11-9-12(11)10-13-3-4-15-7-8-16-6-5-14-2/h11-13H,3-10H2,1-2H3. The molecule has 0 spiro atoms. The first-order chi connectivity index (χ1) is 7.84. The smallest absolute Gasteiger partial charge is 0.0701 e. The number of rotatable bonds is 11. The molecule has 2 atom stereocenters. The van der Waals surface area contributed by atoms with E-state index in [1.54, 1.807) is 7.11 Å². The van der Waals surface area contributed by atoms with Crippen LogP contribution in [0.25, 0.3) is 0 Å². The molecular weight excluding hydrogens is 206 g/mol. The maximum atomic E-state index is 5.41. The Morgan fingerprint density at radius 1 is 1.06 bits per heavy atom. The lowest BCUT2D eigenvalue weighted by atomic mass is 10.3. The van der Waals surface area contributed by atoms with Gasteiger partial charge in [0.1, 0.15) is 0 Å². The van der Waals surface area contributed by atoms with Gasteiger partial charge in [0.05, 0.1) is 33.0 Å². The molecule has 1 aliphatic carbocycles. The van der Waals surface area contributed by atoms with E-state index in [1.807, 2.05) is 0 Å². The highest BCUT2D eigenvalue weighted by molar-refractivity contribution is 4.83. The third kappa shape index (κ3) is 7.17. The Bertz CT molecular complexity index is 166. The van der Waals surface area contributed by atoms with Crippen LogP contribution in [0, 0.1) is 11.8 Å². The summed E-state index contributed by atoms with van der Waals surface area (Å²) < 4.78 is 15.5. The van der Waals surface area contributed by atoms with Gasteiger partial charge in [0.25, 0.3) is 0 Å². The van der Waals surface area contributed by atoms with Gasteiger partial charge in [0, 0.05) is 13.7 Å². The molecule has 0 aliphatic heterocycles. The van der Waals surface area contributed by atoms with Gasteiger partial charge in [-0.1, -0.05) is 6.92 Å². The van der Waals surface area contributed by atoms with E-state index in [1.165, 1.54) is 6.42 Å². The van der Waals surface area contributed by atoms with Crippen LogP contribution in [0.1, 0.15) is 13.3 Å². The van der Waals surface area contributed by atoms with Crippen molar-refractivity contribution < 1.29 is 14.2 Å². The molecule has 1 fully saturated rings. The summed E-state index contributed by atoms with van der Waals surface area (Å²) in [4.78, 5) is 0. The zero-order valence-electron chi connectivity index (χ0n) is 10.5. The quantitative estimate of drug-likeness (QED) is 0.537. The van der Waals surface area contributed by atoms with Crippen LogP contribution in [0.4, 0.5) is 0 Å². The van der Waals surface area contributed by atoms with Crippen molar-refractivity contribution in [3.05, 3.63) is 0 Å². The fourth-order valence-corrected chi connectivity index (χ4v) is 1.58. The Kier molecular flexibility index (Phi) is 7.76. The molecule has 4 heteroatoms. The van der Waals surface area contributed by atoms with Crippen LogP contribution in [0.2, 0.25) is 0 Å². The van der Waals surface area contributed by atoms with E-state index in [0.29, 0.717) is 26.4 Å². The lowest BCUT2D eigenvalue weighted by Crippen LogP contribution is -2.23. The van der Waals surface area contributed by atoms with E-state index in [2.05, 4.69) is 12.2 Å². The maximum Gasteiger partial charge on any atom is 0.0701 e. The Morgan fingerprint density at radius 2 is 1.69 bits per heavy atom. The molecule has 0 heterocycles. The molecule has 0 amide bonds. The third-order valence-electron chi connectivity index (χ3n) is 2.91. The van der Waals surface area contributed by atoms with Gasteiger partial charge >= 0.3 is 0 Å². The van der Waals surface area contributed by atoms with Crippen molar-refractivity contribution in [3.8, 4) is 0 Å². The summed E-state index contributed by atoms with van der Waals surface area (Å²) in [5.41, 5.74) is 0. The van der Waals surface area contributed by atoms with Crippen molar-refractivity contribution in [2.75, 3.05) is 53.2 Å². The van der Waals surface area contributed by atoms with E-state index >= 15 is 0 Å². The zero-order valence-corrected chi connectivity index (χ0v) is 10.5. The molecule has 0 saturated heterocycles. The lowest BCUT2D eigenvalue weighted by Gasteiger charge is -2.06. The van der Waals surface area contributed by atoms with Crippen LogP contribution in [0.5, 0.6) is 0 Å². The van der Waals surface area contributed by atoms with Crippen molar-refractivity contribution >= 4 is 0 Å². The molecule has 2 unspecified atom stereocenters. The first kappa shape index (κ1) is 13.9. The van der Waals surface area contributed by atoms with E-state index in [4.69, 9.17) is 14.2 Å². The van der Waals surface area contributed by atoms with Crippen molar-refractivity contribution in [2.24, 2.45) is 11.8 Å². The Balaban J connectivity index is 1.65. The van der Waals surface area contributed by atoms with Gasteiger partial charge in [-0.2, -0.15) is 0 Å². The van der Waals surface area contributed by atoms with Gasteiger partial charge in [-0.25, -0.2) is 0 Å². The highest BCUT2D eigenvalue weighted by Crippen LogP contribution is 2.36. The number of nitrogens with one attached hydrogen (secondary N) is 1. The van der Waals surface area contributed by atoms with Gasteiger partial charge in [-0.15, -0.1) is 0 Å². The number of hydrogen-bond acceptors (Lipinski definition) is 4. The molecular formula is C12H25NO3. The number of methoxy groups -OCH3 is 1. The molecule has 0 aromatic heterocycles. The van der Waals surface area contributed by atoms with E-state index < -0.39 is 0 Å². The largest absolute Gasteiger partial charge is 0.382 e. The highest BCUT2D eigenvalue weighted by atomic mass is 16.5. The second-order valence-corrected chi connectivity index (χ2v) is 4.39. The topological polar surface area (TPSA) is 39.7 Å². The van der Waals surface area contributed by atoms with Gasteiger partial charge in [0.15, 0.2) is 0 Å². The summed E-state index contributed by atoms with van der Waals surface area (Å²) in [6.07, 6.45) is 1.39. The molecule has 0 aromatic rings. The van der Waals surface area contributed by atoms with Crippen LogP contribution in [-0.2, 0) is 14.2 Å². The van der Waals surface area contributed by atoms with Crippen molar-refractivity contribution in [1.82, 2.24) is 5.32 Å². The molecule has 16 heavy (non-hydrogen) atoms. The monoisotopic (exact) mass is 231 g/mol. The Hall–Kier alpha value is -0.160. The predicted octanol–water partition coefficient (Wildman–Crippen LogP) is 0.912. The van der Waals surface area contributed by atoms with Crippen molar-refractivity contribution in [3.63, 3.8) is 0 Å². The Labute approximate surface area is 98.6 Å². The average molecular weight is 231 g/mol. The summed E-state index contributed by atoms with van der Waals surface area (Å²) in [5.74, 6) is 1.85. The number of ether oxygens (including phenoxy) is 3. The summed E-state index contributed by atoms with van der Waals surface area (Å²) in [5, 5.41) is 3.40. The summed E-state index contributed by atoms with van der Waals surface area (Å²) in [6.45, 7) is 7.80. The minimum atomic E-state index is 0.650. The van der Waals surface area contributed by atoms with Gasteiger partial charge in [-0.05, 0) is 24.8 Å². The van der Waals surface area contributed by atoms with Crippen LogP contribution < -0.4 is 5.32 Å². The van der Waals surface area contributed by atoms with Gasteiger partial charge in [-0.3, -0.25) is 0 Å². The first-order valence-corrected chi connectivity index (χ1v) is 6.19. The summed E-state index contributed by atoms with van der Waals surface area (Å²) in [7, 11) is 1.67. The molecule has 0 aromatic carbocycles. The van der Waals surface area contributed by atoms with E-state index in [-0.39, 0.29) is 0 Å². The van der Waals surface area contributed by atoms with E-state index in [0.717, 1.165) is 31.5 Å². The molecule has 0 bridgehead atoms. The molecule has 0 radical (unpaired) electrons. The van der Waals surface area contributed by atoms with Gasteiger partial charge in [0.2, 0.25) is 0 Å². The molecule has 96 valence electrons. The second kappa shape index (κ2) is 8.93. The van der Waals surface area contributed by atoms with Gasteiger partial charge < -0.3 is 19.5 Å². The zero-order chi connectivity index (χ0) is 11.6. The van der Waals surface area contributed by atoms with Crippen LogP contribution >= 0.6 is 0 Å². The number of hydrogen-bond donors (Lipinski definition) is 1.